The van der Waals surface area contributed by atoms with Crippen LogP contribution in [0.1, 0.15) is 20.8 Å². The molecule has 0 aromatic carbocycles. The molecule has 0 radical (unpaired) electrons. The minimum absolute atomic E-state index is 0.316. The van der Waals surface area contributed by atoms with E-state index in [0.29, 0.717) is 0 Å². The predicted molar refractivity (Wildman–Crippen MR) is 33.9 cm³/mol. The summed E-state index contributed by atoms with van der Waals surface area (Å²) in [4.78, 5) is 10.3. The summed E-state index contributed by atoms with van der Waals surface area (Å²) < 4.78 is 11.5. The molecule has 0 atom stereocenters. The summed E-state index contributed by atoms with van der Waals surface area (Å²) in [6.07, 6.45) is 0. The quantitative estimate of drug-likeness (QED) is 0.563. The van der Waals surface area contributed by atoms with E-state index in [4.69, 9.17) is 0 Å². The lowest BCUT2D eigenvalue weighted by molar-refractivity contribution is -0.123. The van der Waals surface area contributed by atoms with Gasteiger partial charge in [0.2, 0.25) is 0 Å². The summed E-state index contributed by atoms with van der Waals surface area (Å²) in [5.74, 6) is -0.553. The third-order valence-corrected chi connectivity index (χ3v) is 0.636. The molecule has 0 unspecified atom stereocenters. The molecule has 1 N–H and O–H groups in total. The Labute approximate surface area is 54.4 Å². The molecule has 0 saturated carbocycles. The first kappa shape index (κ1) is 8.40. The molecule has 2 nitrogen and oxygen atoms in total. The minimum Gasteiger partial charge on any atom is -0.349 e. The normalized spacial score (nSPS) is 11.1. The van der Waals surface area contributed by atoms with Crippen LogP contribution in [0.15, 0.2) is 0 Å². The molecule has 0 heterocycles. The summed E-state index contributed by atoms with van der Waals surface area (Å²) in [5.41, 5.74) is -0.316. The van der Waals surface area contributed by atoms with Gasteiger partial charge < -0.3 is 5.32 Å². The molecule has 0 spiro atoms. The lowest BCUT2D eigenvalue weighted by Crippen LogP contribution is -2.41. The van der Waals surface area contributed by atoms with Crippen LogP contribution in [0.2, 0.25) is 0 Å². The van der Waals surface area contributed by atoms with Crippen molar-refractivity contribution in [1.29, 1.82) is 0 Å². The monoisotopic (exact) mass is 132 g/mol. The topological polar surface area (TPSA) is 29.1 Å². The SMILES string of the molecule is CC(C)(C)NC(=O)C[18F]. The third kappa shape index (κ3) is 5.27. The Balaban J connectivity index is 3.60. The number of halogens is 1. The summed E-state index contributed by atoms with van der Waals surface area (Å²) in [5, 5.41) is 2.45. The van der Waals surface area contributed by atoms with Gasteiger partial charge in [-0.2, -0.15) is 0 Å². The lowest BCUT2D eigenvalue weighted by Gasteiger charge is -2.18. The third-order valence-electron chi connectivity index (χ3n) is 0.636. The highest BCUT2D eigenvalue weighted by Crippen LogP contribution is 1.97. The number of alkyl halides is 1. The second-order valence-corrected chi connectivity index (χ2v) is 2.93. The van der Waals surface area contributed by atoms with Crippen molar-refractivity contribution < 1.29 is 9.18 Å². The van der Waals surface area contributed by atoms with Gasteiger partial charge in [0.1, 0.15) is 0 Å². The highest BCUT2D eigenvalue weighted by atomic mass is 18.2. The van der Waals surface area contributed by atoms with Crippen LogP contribution in [0.3, 0.4) is 0 Å². The van der Waals surface area contributed by atoms with Gasteiger partial charge in [0.25, 0.3) is 5.91 Å². The fourth-order valence-corrected chi connectivity index (χ4v) is 0.452. The maximum absolute atomic E-state index is 11.5. The van der Waals surface area contributed by atoms with Gasteiger partial charge in [-0.3, -0.25) is 4.79 Å². The highest BCUT2D eigenvalue weighted by Gasteiger charge is 2.12. The molecule has 1 amide bonds. The maximum atomic E-state index is 11.5. The fourth-order valence-electron chi connectivity index (χ4n) is 0.452. The second kappa shape index (κ2) is 2.80. The zero-order valence-electron chi connectivity index (χ0n) is 5.99. The number of hydrogen-bond donors (Lipinski definition) is 1. The molecule has 0 bridgehead atoms. The van der Waals surface area contributed by atoms with Crippen molar-refractivity contribution in [2.24, 2.45) is 0 Å². The predicted octanol–water partition coefficient (Wildman–Crippen LogP) is 0.871. The van der Waals surface area contributed by atoms with Crippen LogP contribution in [0.4, 0.5) is 4.39 Å². The lowest BCUT2D eigenvalue weighted by atomic mass is 10.1. The first-order chi connectivity index (χ1) is 3.95. The van der Waals surface area contributed by atoms with Gasteiger partial charge in [-0.1, -0.05) is 0 Å². The van der Waals surface area contributed by atoms with Gasteiger partial charge in [0.15, 0.2) is 6.67 Å². The molecule has 3 heteroatoms. The van der Waals surface area contributed by atoms with Crippen LogP contribution in [0.5, 0.6) is 0 Å². The van der Waals surface area contributed by atoms with E-state index in [1.165, 1.54) is 0 Å². The van der Waals surface area contributed by atoms with Gasteiger partial charge >= 0.3 is 0 Å². The molecule has 0 rings (SSSR count). The Morgan fingerprint density at radius 1 is 1.56 bits per heavy atom. The van der Waals surface area contributed by atoms with E-state index < -0.39 is 12.6 Å². The summed E-state index contributed by atoms with van der Waals surface area (Å²) >= 11 is 0. The van der Waals surface area contributed by atoms with Crippen LogP contribution >= 0.6 is 0 Å². The Hall–Kier alpha value is -0.600. The number of rotatable bonds is 1. The molecule has 0 aliphatic heterocycles. The molecule has 0 aliphatic rings. The smallest absolute Gasteiger partial charge is 0.251 e. The van der Waals surface area contributed by atoms with Crippen LogP contribution in [0.25, 0.3) is 0 Å². The molecule has 54 valence electrons. The first-order valence-electron chi connectivity index (χ1n) is 2.82. The van der Waals surface area contributed by atoms with E-state index in [9.17, 15) is 9.18 Å². The number of nitrogens with one attached hydrogen (secondary N) is 1. The average Bonchev–Trinajstić information content (AvgIpc) is 1.62. The van der Waals surface area contributed by atoms with Crippen molar-refractivity contribution in [3.63, 3.8) is 0 Å². The largest absolute Gasteiger partial charge is 0.349 e. The van der Waals surface area contributed by atoms with Gasteiger partial charge in [-0.05, 0) is 20.8 Å². The number of carbonyl (C=O) groups excluding carboxylic acids is 1. The van der Waals surface area contributed by atoms with Crippen LogP contribution in [-0.2, 0) is 4.79 Å². The van der Waals surface area contributed by atoms with Crippen molar-refractivity contribution in [2.75, 3.05) is 6.67 Å². The molecule has 0 aromatic rings. The maximum Gasteiger partial charge on any atom is 0.251 e. The minimum atomic E-state index is -0.933. The van der Waals surface area contributed by atoms with E-state index in [1.54, 1.807) is 20.8 Å². The summed E-state index contributed by atoms with van der Waals surface area (Å²) in [7, 11) is 0. The first-order valence-corrected chi connectivity index (χ1v) is 2.82. The molecule has 0 aromatic heterocycles. The standard InChI is InChI=1S/C6H12FNO/c1-6(2,3)8-5(9)4-7/h4H2,1-3H3,(H,8,9)/i7-1. The molecule has 0 fully saturated rings. The van der Waals surface area contributed by atoms with Crippen molar-refractivity contribution in [2.45, 2.75) is 26.3 Å². The van der Waals surface area contributed by atoms with Crippen molar-refractivity contribution in [3.8, 4) is 0 Å². The number of amides is 1. The van der Waals surface area contributed by atoms with Crippen LogP contribution < -0.4 is 5.32 Å². The number of hydrogen-bond acceptors (Lipinski definition) is 1. The Bertz CT molecular complexity index is 106. The Morgan fingerprint density at radius 2 is 2.00 bits per heavy atom. The van der Waals surface area contributed by atoms with E-state index >= 15 is 0 Å². The van der Waals surface area contributed by atoms with Crippen molar-refractivity contribution in [1.82, 2.24) is 5.32 Å². The van der Waals surface area contributed by atoms with Gasteiger partial charge in [0, 0.05) is 5.54 Å². The van der Waals surface area contributed by atoms with Gasteiger partial charge in [0.05, 0.1) is 0 Å². The zero-order chi connectivity index (χ0) is 7.49. The summed E-state index contributed by atoms with van der Waals surface area (Å²) in [6, 6.07) is 0. The Kier molecular flexibility index (Phi) is 2.62. The fraction of sp³-hybridized carbons (Fsp3) is 0.833. The van der Waals surface area contributed by atoms with Gasteiger partial charge in [-0.15, -0.1) is 0 Å². The molecular formula is C6H12FNO. The van der Waals surface area contributed by atoms with E-state index in [-0.39, 0.29) is 5.54 Å². The molecular weight excluding hydrogens is 120 g/mol. The molecule has 0 aliphatic carbocycles. The van der Waals surface area contributed by atoms with E-state index in [0.717, 1.165) is 0 Å². The number of carbonyl (C=O) groups is 1. The van der Waals surface area contributed by atoms with E-state index in [2.05, 4.69) is 5.32 Å². The average molecular weight is 132 g/mol. The van der Waals surface area contributed by atoms with Crippen molar-refractivity contribution >= 4 is 5.91 Å². The zero-order valence-corrected chi connectivity index (χ0v) is 5.99. The van der Waals surface area contributed by atoms with Crippen LogP contribution in [-0.4, -0.2) is 18.1 Å². The van der Waals surface area contributed by atoms with Gasteiger partial charge in [-0.25, -0.2) is 4.39 Å². The molecule has 9 heavy (non-hydrogen) atoms. The Morgan fingerprint density at radius 3 is 2.11 bits per heavy atom. The molecule has 0 saturated heterocycles. The van der Waals surface area contributed by atoms with Crippen molar-refractivity contribution in [3.05, 3.63) is 0 Å². The van der Waals surface area contributed by atoms with E-state index in [1.807, 2.05) is 0 Å². The van der Waals surface area contributed by atoms with Crippen LogP contribution in [0, 0.1) is 0 Å². The summed E-state index contributed by atoms with van der Waals surface area (Å²) in [6.45, 7) is 4.49. The highest BCUT2D eigenvalue weighted by molar-refractivity contribution is 5.77. The second-order valence-electron chi connectivity index (χ2n) is 2.93.